The number of hydrogen-bond acceptors (Lipinski definition) is 3. The first kappa shape index (κ1) is 16.3. The Morgan fingerprint density at radius 3 is 2.74 bits per heavy atom. The quantitative estimate of drug-likeness (QED) is 0.928. The summed E-state index contributed by atoms with van der Waals surface area (Å²) in [4.78, 5) is 14.1. The van der Waals surface area contributed by atoms with Crippen molar-refractivity contribution in [2.75, 3.05) is 13.1 Å². The van der Waals surface area contributed by atoms with Gasteiger partial charge >= 0.3 is 0 Å². The number of thioether (sulfide) groups is 1. The van der Waals surface area contributed by atoms with E-state index in [1.165, 1.54) is 5.56 Å². The molecule has 1 aromatic rings. The van der Waals surface area contributed by atoms with Crippen molar-refractivity contribution in [3.63, 3.8) is 0 Å². The molecular weight excluding hydrogens is 280 g/mol. The van der Waals surface area contributed by atoms with Crippen LogP contribution in [0.15, 0.2) is 30.3 Å². The summed E-state index contributed by atoms with van der Waals surface area (Å²) in [6.45, 7) is 3.52. The first-order valence-electron chi connectivity index (χ1n) is 6.36. The summed E-state index contributed by atoms with van der Waals surface area (Å²) in [6, 6.07) is 10.4. The maximum absolute atomic E-state index is 12.2. The molecule has 3 nitrogen and oxygen atoms in total. The molecule has 2 rings (SSSR count). The lowest BCUT2D eigenvalue weighted by molar-refractivity contribution is -0.129. The summed E-state index contributed by atoms with van der Waals surface area (Å²) in [7, 11) is 0. The fourth-order valence-electron chi connectivity index (χ4n) is 2.11. The molecule has 106 valence electrons. The zero-order valence-corrected chi connectivity index (χ0v) is 12.8. The second-order valence-corrected chi connectivity index (χ2v) is 6.10. The van der Waals surface area contributed by atoms with Crippen LogP contribution < -0.4 is 5.73 Å². The lowest BCUT2D eigenvalue weighted by Gasteiger charge is -2.20. The van der Waals surface area contributed by atoms with Crippen LogP contribution in [0.25, 0.3) is 0 Å². The fraction of sp³-hybridized carbons (Fsp3) is 0.500. The smallest absolute Gasteiger partial charge is 0.235 e. The predicted octanol–water partition coefficient (Wildman–Crippen LogP) is 2.29. The van der Waals surface area contributed by atoms with Gasteiger partial charge in [-0.3, -0.25) is 4.79 Å². The van der Waals surface area contributed by atoms with Crippen molar-refractivity contribution in [2.45, 2.75) is 30.4 Å². The Balaban J connectivity index is 0.00000180. The van der Waals surface area contributed by atoms with Crippen molar-refractivity contribution in [1.29, 1.82) is 0 Å². The van der Waals surface area contributed by atoms with Gasteiger partial charge in [-0.15, -0.1) is 24.2 Å². The highest BCUT2D eigenvalue weighted by molar-refractivity contribution is 7.99. The van der Waals surface area contributed by atoms with Crippen molar-refractivity contribution in [2.24, 2.45) is 5.73 Å². The van der Waals surface area contributed by atoms with Crippen molar-refractivity contribution in [3.8, 4) is 0 Å². The van der Waals surface area contributed by atoms with E-state index < -0.39 is 0 Å². The molecule has 1 aliphatic rings. The number of benzene rings is 1. The van der Waals surface area contributed by atoms with Crippen molar-refractivity contribution >= 4 is 30.1 Å². The normalized spacial score (nSPS) is 19.9. The molecule has 0 aliphatic carbocycles. The Morgan fingerprint density at radius 2 is 2.16 bits per heavy atom. The van der Waals surface area contributed by atoms with Gasteiger partial charge in [-0.05, 0) is 18.9 Å². The molecule has 1 heterocycles. The number of nitrogens with two attached hydrogens (primary N) is 1. The number of nitrogens with zero attached hydrogens (tertiary/aromatic N) is 1. The van der Waals surface area contributed by atoms with Crippen LogP contribution in [0, 0.1) is 0 Å². The number of halogens is 1. The monoisotopic (exact) mass is 300 g/mol. The molecule has 1 aliphatic heterocycles. The fourth-order valence-corrected chi connectivity index (χ4v) is 3.04. The Labute approximate surface area is 125 Å². The van der Waals surface area contributed by atoms with Gasteiger partial charge in [0.1, 0.15) is 0 Å². The highest BCUT2D eigenvalue weighted by Crippen LogP contribution is 2.21. The largest absolute Gasteiger partial charge is 0.340 e. The second-order valence-electron chi connectivity index (χ2n) is 4.77. The first-order valence-corrected chi connectivity index (χ1v) is 7.41. The molecule has 0 saturated carbocycles. The van der Waals surface area contributed by atoms with E-state index in [9.17, 15) is 4.79 Å². The Bertz CT molecular complexity index is 402. The molecule has 0 bridgehead atoms. The molecule has 5 heteroatoms. The van der Waals surface area contributed by atoms with Crippen LogP contribution >= 0.6 is 24.2 Å². The van der Waals surface area contributed by atoms with E-state index in [1.807, 2.05) is 30.0 Å². The number of hydrogen-bond donors (Lipinski definition) is 1. The number of likely N-dealkylation sites (tertiary alicyclic amines) is 1. The van der Waals surface area contributed by atoms with Gasteiger partial charge in [-0.25, -0.2) is 0 Å². The minimum absolute atomic E-state index is 0. The zero-order chi connectivity index (χ0) is 13.0. The Kier molecular flexibility index (Phi) is 6.69. The first-order chi connectivity index (χ1) is 8.66. The van der Waals surface area contributed by atoms with Crippen LogP contribution in [0.4, 0.5) is 0 Å². The summed E-state index contributed by atoms with van der Waals surface area (Å²) < 4.78 is 0. The molecule has 0 radical (unpaired) electrons. The summed E-state index contributed by atoms with van der Waals surface area (Å²) in [5.41, 5.74) is 7.09. The van der Waals surface area contributed by atoms with Gasteiger partial charge in [0.05, 0.1) is 5.25 Å². The lowest BCUT2D eigenvalue weighted by atomic mass is 10.2. The SMILES string of the molecule is CC(SCc1ccccc1)C(=O)N1CC[C@@H](N)C1.Cl. The minimum Gasteiger partial charge on any atom is -0.340 e. The van der Waals surface area contributed by atoms with Gasteiger partial charge in [0.2, 0.25) is 5.91 Å². The third-order valence-electron chi connectivity index (χ3n) is 3.23. The molecule has 0 aromatic heterocycles. The third-order valence-corrected chi connectivity index (χ3v) is 4.43. The molecule has 1 saturated heterocycles. The van der Waals surface area contributed by atoms with Gasteiger partial charge in [0.15, 0.2) is 0 Å². The standard InChI is InChI=1S/C14H20N2OS.ClH/c1-11(14(17)16-8-7-13(15)9-16)18-10-12-5-3-2-4-6-12;/h2-6,11,13H,7-10,15H2,1H3;1H/t11?,13-;/m1./s1. The molecular formula is C14H21ClN2OS. The van der Waals surface area contributed by atoms with Crippen LogP contribution in [-0.4, -0.2) is 35.2 Å². The van der Waals surface area contributed by atoms with Crippen LogP contribution in [0.1, 0.15) is 18.9 Å². The minimum atomic E-state index is 0. The Hall–Kier alpha value is -0.710. The Morgan fingerprint density at radius 1 is 1.47 bits per heavy atom. The molecule has 0 spiro atoms. The average molecular weight is 301 g/mol. The number of rotatable bonds is 4. The van der Waals surface area contributed by atoms with E-state index in [-0.39, 0.29) is 29.6 Å². The second kappa shape index (κ2) is 7.78. The number of carbonyl (C=O) groups excluding carboxylic acids is 1. The van der Waals surface area contributed by atoms with E-state index in [0.717, 1.165) is 25.3 Å². The van der Waals surface area contributed by atoms with Gasteiger partial charge in [-0.1, -0.05) is 30.3 Å². The van der Waals surface area contributed by atoms with E-state index in [0.29, 0.717) is 0 Å². The average Bonchev–Trinajstić information content (AvgIpc) is 2.83. The van der Waals surface area contributed by atoms with Gasteiger partial charge in [0.25, 0.3) is 0 Å². The summed E-state index contributed by atoms with van der Waals surface area (Å²) in [5, 5.41) is 0.00973. The number of amides is 1. The van der Waals surface area contributed by atoms with Crippen LogP contribution in [0.3, 0.4) is 0 Å². The van der Waals surface area contributed by atoms with Gasteiger partial charge < -0.3 is 10.6 Å². The van der Waals surface area contributed by atoms with Gasteiger partial charge in [-0.2, -0.15) is 0 Å². The summed E-state index contributed by atoms with van der Waals surface area (Å²) in [6.07, 6.45) is 0.932. The number of carbonyl (C=O) groups is 1. The van der Waals surface area contributed by atoms with Crippen LogP contribution in [0.5, 0.6) is 0 Å². The van der Waals surface area contributed by atoms with Crippen molar-refractivity contribution in [1.82, 2.24) is 4.90 Å². The van der Waals surface area contributed by atoms with E-state index in [1.54, 1.807) is 11.8 Å². The lowest BCUT2D eigenvalue weighted by Crippen LogP contribution is -2.36. The highest BCUT2D eigenvalue weighted by atomic mass is 35.5. The van der Waals surface area contributed by atoms with Crippen molar-refractivity contribution in [3.05, 3.63) is 35.9 Å². The summed E-state index contributed by atoms with van der Waals surface area (Å²) >= 11 is 1.69. The zero-order valence-electron chi connectivity index (χ0n) is 11.1. The predicted molar refractivity (Wildman–Crippen MR) is 83.6 cm³/mol. The highest BCUT2D eigenvalue weighted by Gasteiger charge is 2.27. The van der Waals surface area contributed by atoms with Gasteiger partial charge in [0, 0.05) is 24.9 Å². The van der Waals surface area contributed by atoms with Crippen LogP contribution in [-0.2, 0) is 10.5 Å². The van der Waals surface area contributed by atoms with Crippen molar-refractivity contribution < 1.29 is 4.79 Å². The maximum atomic E-state index is 12.2. The molecule has 1 amide bonds. The van der Waals surface area contributed by atoms with Crippen LogP contribution in [0.2, 0.25) is 0 Å². The molecule has 2 atom stereocenters. The van der Waals surface area contributed by atoms with E-state index in [2.05, 4.69) is 12.1 Å². The molecule has 1 aromatic carbocycles. The molecule has 1 fully saturated rings. The summed E-state index contributed by atoms with van der Waals surface area (Å²) in [5.74, 6) is 1.11. The maximum Gasteiger partial charge on any atom is 0.235 e. The molecule has 2 N–H and O–H groups in total. The van der Waals surface area contributed by atoms with E-state index in [4.69, 9.17) is 5.73 Å². The topological polar surface area (TPSA) is 46.3 Å². The third kappa shape index (κ3) is 4.71. The molecule has 19 heavy (non-hydrogen) atoms. The molecule has 1 unspecified atom stereocenters. The van der Waals surface area contributed by atoms with E-state index >= 15 is 0 Å².